The minimum Gasteiger partial charge on any atom is -0.264 e. The van der Waals surface area contributed by atoms with E-state index in [1.165, 1.54) is 11.8 Å². The number of rotatable bonds is 4. The molecule has 1 aliphatic carbocycles. The van der Waals surface area contributed by atoms with Gasteiger partial charge in [-0.3, -0.25) is 10.1 Å². The fraction of sp³-hybridized carbons (Fsp3) is 0.636. The summed E-state index contributed by atoms with van der Waals surface area (Å²) < 4.78 is 0. The normalized spacial score (nSPS) is 18.8. The summed E-state index contributed by atoms with van der Waals surface area (Å²) in [5.41, 5.74) is -0.762. The number of hydrogen-bond donors (Lipinski definition) is 0. The van der Waals surface area contributed by atoms with Gasteiger partial charge in [0.05, 0.1) is 5.75 Å². The summed E-state index contributed by atoms with van der Waals surface area (Å²) in [5.74, 6) is 0.476. The van der Waals surface area contributed by atoms with Gasteiger partial charge in [0, 0.05) is 30.2 Å². The Morgan fingerprint density at radius 1 is 1.29 bits per heavy atom. The van der Waals surface area contributed by atoms with Crippen molar-refractivity contribution in [3.63, 3.8) is 0 Å². The van der Waals surface area contributed by atoms with Crippen LogP contribution in [-0.2, 0) is 0 Å². The van der Waals surface area contributed by atoms with E-state index in [1.54, 1.807) is 18.5 Å². The molecule has 92 valence electrons. The van der Waals surface area contributed by atoms with E-state index in [4.69, 9.17) is 0 Å². The van der Waals surface area contributed by atoms with Crippen molar-refractivity contribution in [2.45, 2.75) is 42.8 Å². The molecule has 5 nitrogen and oxygen atoms in total. The van der Waals surface area contributed by atoms with Crippen LogP contribution >= 0.6 is 11.8 Å². The lowest BCUT2D eigenvalue weighted by Crippen LogP contribution is -2.42. The third-order valence-corrected chi connectivity index (χ3v) is 4.33. The average molecular weight is 253 g/mol. The fourth-order valence-corrected chi connectivity index (χ4v) is 3.21. The molecular formula is C11H15N3O2S. The van der Waals surface area contributed by atoms with Gasteiger partial charge in [-0.05, 0) is 18.9 Å². The Morgan fingerprint density at radius 2 is 1.94 bits per heavy atom. The monoisotopic (exact) mass is 253 g/mol. The second kappa shape index (κ2) is 5.44. The van der Waals surface area contributed by atoms with Gasteiger partial charge >= 0.3 is 0 Å². The van der Waals surface area contributed by atoms with Gasteiger partial charge < -0.3 is 0 Å². The number of aromatic nitrogens is 2. The highest BCUT2D eigenvalue weighted by molar-refractivity contribution is 7.99. The van der Waals surface area contributed by atoms with E-state index < -0.39 is 5.54 Å². The summed E-state index contributed by atoms with van der Waals surface area (Å²) in [6.45, 7) is 0. The maximum Gasteiger partial charge on any atom is 0.231 e. The number of hydrogen-bond acceptors (Lipinski definition) is 5. The molecule has 0 amide bonds. The van der Waals surface area contributed by atoms with Crippen molar-refractivity contribution in [2.75, 3.05) is 5.75 Å². The van der Waals surface area contributed by atoms with Crippen LogP contribution in [0.3, 0.4) is 0 Å². The highest BCUT2D eigenvalue weighted by atomic mass is 32.2. The van der Waals surface area contributed by atoms with Gasteiger partial charge in [0.15, 0.2) is 5.16 Å². The number of thioether (sulfide) groups is 1. The molecule has 1 aromatic heterocycles. The van der Waals surface area contributed by atoms with Gasteiger partial charge in [0.1, 0.15) is 0 Å². The van der Waals surface area contributed by atoms with Gasteiger partial charge in [0.2, 0.25) is 5.54 Å². The molecule has 1 aliphatic rings. The van der Waals surface area contributed by atoms with E-state index in [0.717, 1.165) is 19.3 Å². The zero-order valence-corrected chi connectivity index (χ0v) is 10.4. The Morgan fingerprint density at radius 3 is 2.53 bits per heavy atom. The predicted octanol–water partition coefficient (Wildman–Crippen LogP) is 2.55. The van der Waals surface area contributed by atoms with Crippen molar-refractivity contribution in [3.8, 4) is 0 Å². The summed E-state index contributed by atoms with van der Waals surface area (Å²) in [6, 6.07) is 1.74. The quantitative estimate of drug-likeness (QED) is 0.357. The molecule has 1 heterocycles. The molecule has 17 heavy (non-hydrogen) atoms. The first-order chi connectivity index (χ1) is 8.23. The molecule has 0 radical (unpaired) electrons. The molecule has 0 saturated heterocycles. The van der Waals surface area contributed by atoms with Crippen LogP contribution in [0.2, 0.25) is 0 Å². The highest BCUT2D eigenvalue weighted by Gasteiger charge is 2.43. The Balaban J connectivity index is 2.01. The molecule has 0 spiro atoms. The van der Waals surface area contributed by atoms with E-state index in [1.807, 2.05) is 0 Å². The van der Waals surface area contributed by atoms with Crippen molar-refractivity contribution in [3.05, 3.63) is 28.6 Å². The van der Waals surface area contributed by atoms with Crippen LogP contribution in [0.5, 0.6) is 0 Å². The van der Waals surface area contributed by atoms with Crippen molar-refractivity contribution >= 4 is 11.8 Å². The zero-order valence-electron chi connectivity index (χ0n) is 9.54. The molecule has 1 aromatic rings. The molecule has 0 unspecified atom stereocenters. The van der Waals surface area contributed by atoms with Gasteiger partial charge in [-0.15, -0.1) is 0 Å². The van der Waals surface area contributed by atoms with Crippen LogP contribution < -0.4 is 0 Å². The van der Waals surface area contributed by atoms with Gasteiger partial charge in [0.25, 0.3) is 0 Å². The molecule has 0 aliphatic heterocycles. The van der Waals surface area contributed by atoms with E-state index in [0.29, 0.717) is 23.8 Å². The van der Waals surface area contributed by atoms with Gasteiger partial charge in [-0.25, -0.2) is 9.97 Å². The molecule has 6 heteroatoms. The lowest BCUT2D eigenvalue weighted by Gasteiger charge is -2.28. The second-order valence-electron chi connectivity index (χ2n) is 4.36. The number of nitrogens with zero attached hydrogens (tertiary/aromatic N) is 3. The minimum atomic E-state index is -0.762. The molecule has 1 saturated carbocycles. The summed E-state index contributed by atoms with van der Waals surface area (Å²) >= 11 is 1.39. The SMILES string of the molecule is O=[N+]([O-])C1(CSc2ncccn2)CCCCC1. The van der Waals surface area contributed by atoms with Crippen LogP contribution in [0.1, 0.15) is 32.1 Å². The van der Waals surface area contributed by atoms with E-state index in [9.17, 15) is 10.1 Å². The van der Waals surface area contributed by atoms with Crippen molar-refractivity contribution < 1.29 is 4.92 Å². The highest BCUT2D eigenvalue weighted by Crippen LogP contribution is 2.35. The first-order valence-corrected chi connectivity index (χ1v) is 6.76. The summed E-state index contributed by atoms with van der Waals surface area (Å²) in [4.78, 5) is 19.3. The maximum absolute atomic E-state index is 11.2. The van der Waals surface area contributed by atoms with Gasteiger partial charge in [-0.1, -0.05) is 18.2 Å². The lowest BCUT2D eigenvalue weighted by atomic mass is 9.84. The predicted molar refractivity (Wildman–Crippen MR) is 65.6 cm³/mol. The molecular weight excluding hydrogens is 238 g/mol. The Labute approximate surface area is 104 Å². The molecule has 1 fully saturated rings. The minimum absolute atomic E-state index is 0.0951. The standard InChI is InChI=1S/C11H15N3O2S/c15-14(16)11(5-2-1-3-6-11)9-17-10-12-7-4-8-13-10/h4,7-8H,1-3,5-6,9H2. The Bertz CT molecular complexity index is 380. The molecule has 0 N–H and O–H groups in total. The summed E-state index contributed by atoms with van der Waals surface area (Å²) in [6.07, 6.45) is 7.71. The van der Waals surface area contributed by atoms with E-state index in [2.05, 4.69) is 9.97 Å². The first-order valence-electron chi connectivity index (χ1n) is 5.77. The fourth-order valence-electron chi connectivity index (χ4n) is 2.15. The smallest absolute Gasteiger partial charge is 0.231 e. The third-order valence-electron chi connectivity index (χ3n) is 3.18. The summed E-state index contributed by atoms with van der Waals surface area (Å²) in [5, 5.41) is 11.9. The van der Waals surface area contributed by atoms with Crippen molar-refractivity contribution in [1.82, 2.24) is 9.97 Å². The van der Waals surface area contributed by atoms with Gasteiger partial charge in [-0.2, -0.15) is 0 Å². The topological polar surface area (TPSA) is 68.9 Å². The second-order valence-corrected chi connectivity index (χ2v) is 5.30. The zero-order chi connectivity index (χ0) is 12.1. The Hall–Kier alpha value is -1.17. The average Bonchev–Trinajstić information content (AvgIpc) is 2.38. The van der Waals surface area contributed by atoms with Crippen molar-refractivity contribution in [1.29, 1.82) is 0 Å². The van der Waals surface area contributed by atoms with Crippen LogP contribution in [0.4, 0.5) is 0 Å². The van der Waals surface area contributed by atoms with E-state index >= 15 is 0 Å². The largest absolute Gasteiger partial charge is 0.264 e. The first kappa shape index (κ1) is 12.3. The number of nitro groups is 1. The Kier molecular flexibility index (Phi) is 3.93. The molecule has 0 aromatic carbocycles. The third kappa shape index (κ3) is 2.94. The molecule has 0 bridgehead atoms. The molecule has 2 rings (SSSR count). The maximum atomic E-state index is 11.2. The lowest BCUT2D eigenvalue weighted by molar-refractivity contribution is -0.568. The van der Waals surface area contributed by atoms with Crippen LogP contribution in [0.15, 0.2) is 23.6 Å². The summed E-state index contributed by atoms with van der Waals surface area (Å²) in [7, 11) is 0. The van der Waals surface area contributed by atoms with Crippen molar-refractivity contribution in [2.24, 2.45) is 0 Å². The van der Waals surface area contributed by atoms with Crippen LogP contribution in [0, 0.1) is 10.1 Å². The van der Waals surface area contributed by atoms with Crippen LogP contribution in [-0.4, -0.2) is 26.2 Å². The van der Waals surface area contributed by atoms with Crippen LogP contribution in [0.25, 0.3) is 0 Å². The van der Waals surface area contributed by atoms with E-state index in [-0.39, 0.29) is 4.92 Å². The molecule has 0 atom stereocenters.